The maximum absolute atomic E-state index is 12.6. The molecule has 6 heteroatoms. The van der Waals surface area contributed by atoms with E-state index in [1.54, 1.807) is 4.90 Å². The van der Waals surface area contributed by atoms with Crippen LogP contribution in [-0.2, 0) is 6.42 Å². The maximum atomic E-state index is 12.6. The van der Waals surface area contributed by atoms with Crippen LogP contribution >= 0.6 is 0 Å². The number of halogens is 3. The Morgan fingerprint density at radius 1 is 1.04 bits per heavy atom. The Kier molecular flexibility index (Phi) is 3.98. The van der Waals surface area contributed by atoms with Crippen LogP contribution in [0.5, 0.6) is 5.75 Å². The first-order chi connectivity index (χ1) is 10.9. The van der Waals surface area contributed by atoms with Gasteiger partial charge in [0.25, 0.3) is 5.91 Å². The van der Waals surface area contributed by atoms with Crippen molar-refractivity contribution in [3.8, 4) is 5.75 Å². The van der Waals surface area contributed by atoms with Crippen LogP contribution in [0.15, 0.2) is 48.5 Å². The summed E-state index contributed by atoms with van der Waals surface area (Å²) in [6.07, 6.45) is -2.96. The van der Waals surface area contributed by atoms with E-state index in [1.165, 1.54) is 12.1 Å². The van der Waals surface area contributed by atoms with Gasteiger partial charge in [-0.25, -0.2) is 0 Å². The summed E-state index contributed by atoms with van der Waals surface area (Å²) in [5.74, 6) is -0.566. The highest BCUT2D eigenvalue weighted by atomic mass is 19.4. The number of hydrogen-bond acceptors (Lipinski definition) is 2. The molecule has 0 aromatic heterocycles. The Bertz CT molecular complexity index is 711. The van der Waals surface area contributed by atoms with Crippen molar-refractivity contribution in [2.45, 2.75) is 19.2 Å². The van der Waals surface area contributed by atoms with Crippen LogP contribution in [0.25, 0.3) is 0 Å². The number of nitrogens with zero attached hydrogens (tertiary/aromatic N) is 1. The van der Waals surface area contributed by atoms with Gasteiger partial charge in [-0.2, -0.15) is 0 Å². The molecule has 0 atom stereocenters. The van der Waals surface area contributed by atoms with Crippen molar-refractivity contribution in [3.05, 3.63) is 59.7 Å². The van der Waals surface area contributed by atoms with Gasteiger partial charge < -0.3 is 9.64 Å². The molecule has 1 amide bonds. The first-order valence-electron chi connectivity index (χ1n) is 7.20. The summed E-state index contributed by atoms with van der Waals surface area (Å²) in [7, 11) is 0. The summed E-state index contributed by atoms with van der Waals surface area (Å²) in [6, 6.07) is 12.7. The molecule has 1 aliphatic rings. The number of anilines is 1. The number of para-hydroxylation sites is 1. The fourth-order valence-corrected chi connectivity index (χ4v) is 2.70. The number of carbonyl (C=O) groups excluding carboxylic acids is 1. The molecule has 0 saturated carbocycles. The minimum Gasteiger partial charge on any atom is -0.406 e. The van der Waals surface area contributed by atoms with Crippen molar-refractivity contribution in [1.29, 1.82) is 0 Å². The molecule has 1 heterocycles. The third-order valence-electron chi connectivity index (χ3n) is 3.69. The molecular weight excluding hydrogens is 307 g/mol. The van der Waals surface area contributed by atoms with Crippen LogP contribution in [0.4, 0.5) is 18.9 Å². The van der Waals surface area contributed by atoms with Gasteiger partial charge in [-0.1, -0.05) is 18.2 Å². The quantitative estimate of drug-likeness (QED) is 0.830. The highest BCUT2D eigenvalue weighted by Gasteiger charge is 2.31. The summed E-state index contributed by atoms with van der Waals surface area (Å²) >= 11 is 0. The number of rotatable bonds is 2. The lowest BCUT2D eigenvalue weighted by molar-refractivity contribution is -0.274. The van der Waals surface area contributed by atoms with Crippen molar-refractivity contribution in [2.24, 2.45) is 0 Å². The standard InChI is InChI=1S/C17H14F3NO2/c18-17(19,20)23-14-9-7-13(8-10-14)16(22)21-11-3-5-12-4-1-2-6-15(12)21/h1-2,4,6-10H,3,5,11H2. The molecule has 0 aliphatic carbocycles. The van der Waals surface area contributed by atoms with Gasteiger partial charge in [0.1, 0.15) is 5.75 Å². The molecule has 0 saturated heterocycles. The zero-order valence-electron chi connectivity index (χ0n) is 12.1. The third-order valence-corrected chi connectivity index (χ3v) is 3.69. The molecule has 0 fully saturated rings. The minimum absolute atomic E-state index is 0.226. The van der Waals surface area contributed by atoms with Gasteiger partial charge in [0.2, 0.25) is 0 Å². The monoisotopic (exact) mass is 321 g/mol. The zero-order chi connectivity index (χ0) is 16.4. The number of benzene rings is 2. The van der Waals surface area contributed by atoms with E-state index >= 15 is 0 Å². The van der Waals surface area contributed by atoms with E-state index < -0.39 is 6.36 Å². The van der Waals surface area contributed by atoms with E-state index in [-0.39, 0.29) is 11.7 Å². The molecule has 3 nitrogen and oxygen atoms in total. The van der Waals surface area contributed by atoms with Crippen LogP contribution in [0.2, 0.25) is 0 Å². The number of fused-ring (bicyclic) bond motifs is 1. The fourth-order valence-electron chi connectivity index (χ4n) is 2.70. The number of amides is 1. The average Bonchev–Trinajstić information content (AvgIpc) is 2.53. The highest BCUT2D eigenvalue weighted by molar-refractivity contribution is 6.06. The average molecular weight is 321 g/mol. The molecule has 0 radical (unpaired) electrons. The second-order valence-electron chi connectivity index (χ2n) is 5.26. The number of ether oxygens (including phenoxy) is 1. The number of aryl methyl sites for hydroxylation is 1. The van der Waals surface area contributed by atoms with Crippen LogP contribution in [0.1, 0.15) is 22.3 Å². The molecule has 2 aromatic carbocycles. The van der Waals surface area contributed by atoms with E-state index in [2.05, 4.69) is 4.74 Å². The Morgan fingerprint density at radius 3 is 2.43 bits per heavy atom. The first-order valence-corrected chi connectivity index (χ1v) is 7.20. The molecule has 0 bridgehead atoms. The number of hydrogen-bond donors (Lipinski definition) is 0. The van der Waals surface area contributed by atoms with Gasteiger partial charge in [-0.15, -0.1) is 13.2 Å². The predicted molar refractivity (Wildman–Crippen MR) is 79.6 cm³/mol. The van der Waals surface area contributed by atoms with Crippen LogP contribution in [0, 0.1) is 0 Å². The van der Waals surface area contributed by atoms with Crippen molar-refractivity contribution >= 4 is 11.6 Å². The Hall–Kier alpha value is -2.50. The smallest absolute Gasteiger partial charge is 0.406 e. The van der Waals surface area contributed by atoms with Gasteiger partial charge in [0, 0.05) is 17.8 Å². The molecule has 2 aromatic rings. The van der Waals surface area contributed by atoms with Crippen molar-refractivity contribution in [1.82, 2.24) is 0 Å². The Morgan fingerprint density at radius 2 is 1.74 bits per heavy atom. The van der Waals surface area contributed by atoms with E-state index in [0.29, 0.717) is 12.1 Å². The third kappa shape index (κ3) is 3.47. The van der Waals surface area contributed by atoms with Gasteiger partial charge in [-0.05, 0) is 48.7 Å². The second kappa shape index (κ2) is 5.95. The van der Waals surface area contributed by atoms with Gasteiger partial charge >= 0.3 is 6.36 Å². The van der Waals surface area contributed by atoms with Crippen LogP contribution in [-0.4, -0.2) is 18.8 Å². The molecule has 3 rings (SSSR count). The summed E-state index contributed by atoms with van der Waals surface area (Å²) in [4.78, 5) is 14.3. The van der Waals surface area contributed by atoms with Crippen LogP contribution in [0.3, 0.4) is 0 Å². The normalized spacial score (nSPS) is 14.3. The van der Waals surface area contributed by atoms with E-state index in [4.69, 9.17) is 0 Å². The summed E-state index contributed by atoms with van der Waals surface area (Å²) in [5.41, 5.74) is 2.29. The maximum Gasteiger partial charge on any atom is 0.573 e. The fraction of sp³-hybridized carbons (Fsp3) is 0.235. The molecule has 0 unspecified atom stereocenters. The molecule has 120 valence electrons. The second-order valence-corrected chi connectivity index (χ2v) is 5.26. The van der Waals surface area contributed by atoms with Gasteiger partial charge in [0.05, 0.1) is 0 Å². The molecule has 23 heavy (non-hydrogen) atoms. The van der Waals surface area contributed by atoms with Gasteiger partial charge in [0.15, 0.2) is 0 Å². The first kappa shape index (κ1) is 15.4. The Balaban J connectivity index is 1.82. The van der Waals surface area contributed by atoms with Crippen LogP contribution < -0.4 is 9.64 Å². The number of alkyl halides is 3. The zero-order valence-corrected chi connectivity index (χ0v) is 12.1. The summed E-state index contributed by atoms with van der Waals surface area (Å²) in [6.45, 7) is 0.594. The SMILES string of the molecule is O=C(c1ccc(OC(F)(F)F)cc1)N1CCCc2ccccc21. The molecule has 1 aliphatic heterocycles. The van der Waals surface area contributed by atoms with E-state index in [1.807, 2.05) is 24.3 Å². The summed E-state index contributed by atoms with van der Waals surface area (Å²) in [5, 5.41) is 0. The Labute approximate surface area is 131 Å². The number of carbonyl (C=O) groups is 1. The lowest BCUT2D eigenvalue weighted by Gasteiger charge is -2.29. The lowest BCUT2D eigenvalue weighted by Crippen LogP contribution is -2.35. The van der Waals surface area contributed by atoms with Crippen molar-refractivity contribution in [3.63, 3.8) is 0 Å². The van der Waals surface area contributed by atoms with Crippen molar-refractivity contribution in [2.75, 3.05) is 11.4 Å². The summed E-state index contributed by atoms with van der Waals surface area (Å²) < 4.78 is 40.3. The van der Waals surface area contributed by atoms with Crippen molar-refractivity contribution < 1.29 is 22.7 Å². The largest absolute Gasteiger partial charge is 0.573 e. The molecule has 0 spiro atoms. The lowest BCUT2D eigenvalue weighted by atomic mass is 10.0. The minimum atomic E-state index is -4.74. The topological polar surface area (TPSA) is 29.5 Å². The van der Waals surface area contributed by atoms with Gasteiger partial charge in [-0.3, -0.25) is 4.79 Å². The predicted octanol–water partition coefficient (Wildman–Crippen LogP) is 4.18. The van der Waals surface area contributed by atoms with E-state index in [9.17, 15) is 18.0 Å². The van der Waals surface area contributed by atoms with E-state index in [0.717, 1.165) is 36.2 Å². The molecule has 0 N–H and O–H groups in total. The highest BCUT2D eigenvalue weighted by Crippen LogP contribution is 2.29. The molecular formula is C17H14F3NO2.